The lowest BCUT2D eigenvalue weighted by Gasteiger charge is -2.42. The van der Waals surface area contributed by atoms with Gasteiger partial charge in [0.05, 0.1) is 5.92 Å². The molecular formula is C19H22ClF3N2O2. The van der Waals surface area contributed by atoms with Gasteiger partial charge in [0.2, 0.25) is 0 Å². The zero-order chi connectivity index (χ0) is 20.2. The summed E-state index contributed by atoms with van der Waals surface area (Å²) in [6, 6.07) is 5.60. The molecule has 2 aliphatic rings. The van der Waals surface area contributed by atoms with E-state index >= 15 is 0 Å². The van der Waals surface area contributed by atoms with Crippen LogP contribution in [0.25, 0.3) is 0 Å². The number of carbonyl (C=O) groups excluding carboxylic acids is 1. The number of hydrogen-bond acceptors (Lipinski definition) is 3. The number of hydrogen-bond donors (Lipinski definition) is 1. The van der Waals surface area contributed by atoms with Gasteiger partial charge in [-0.3, -0.25) is 4.79 Å². The molecule has 3 atom stereocenters. The first-order valence-corrected chi connectivity index (χ1v) is 9.20. The predicted molar refractivity (Wildman–Crippen MR) is 96.3 cm³/mol. The van der Waals surface area contributed by atoms with Crippen LogP contribution in [0.1, 0.15) is 50.4 Å². The van der Waals surface area contributed by atoms with Crippen LogP contribution in [-0.4, -0.2) is 33.6 Å². The molecule has 4 nitrogen and oxygen atoms in total. The maximum Gasteiger partial charge on any atom is 0.439 e. The molecule has 1 N–H and O–H groups in total. The normalized spacial score (nSPS) is 28.7. The summed E-state index contributed by atoms with van der Waals surface area (Å²) in [6.07, 6.45) is -3.93. The van der Waals surface area contributed by atoms with E-state index in [2.05, 4.69) is 5.10 Å². The molecule has 3 rings (SSSR count). The quantitative estimate of drug-likeness (QED) is 0.729. The lowest BCUT2D eigenvalue weighted by atomic mass is 9.66. The van der Waals surface area contributed by atoms with Crippen LogP contribution >= 0.6 is 11.6 Å². The summed E-state index contributed by atoms with van der Waals surface area (Å²) in [5.41, 5.74) is -3.39. The first kappa shape index (κ1) is 20.1. The Kier molecular flexibility index (Phi) is 4.84. The third-order valence-corrected chi connectivity index (χ3v) is 5.85. The molecule has 8 heteroatoms. The van der Waals surface area contributed by atoms with Gasteiger partial charge in [-0.05, 0) is 48.8 Å². The van der Waals surface area contributed by atoms with Crippen molar-refractivity contribution in [1.82, 2.24) is 5.01 Å². The molecule has 1 heterocycles. The van der Waals surface area contributed by atoms with E-state index < -0.39 is 23.7 Å². The zero-order valence-corrected chi connectivity index (χ0v) is 16.1. The van der Waals surface area contributed by atoms with Crippen molar-refractivity contribution < 1.29 is 23.1 Å². The van der Waals surface area contributed by atoms with Crippen LogP contribution < -0.4 is 0 Å². The molecule has 1 saturated carbocycles. The summed E-state index contributed by atoms with van der Waals surface area (Å²) in [4.78, 5) is 12.8. The lowest BCUT2D eigenvalue weighted by Crippen LogP contribution is -2.62. The highest BCUT2D eigenvalue weighted by Crippen LogP contribution is 2.52. The van der Waals surface area contributed by atoms with E-state index in [1.54, 1.807) is 0 Å². The van der Waals surface area contributed by atoms with Gasteiger partial charge in [0.1, 0.15) is 0 Å². The predicted octanol–water partition coefficient (Wildman–Crippen LogP) is 4.87. The third-order valence-electron chi connectivity index (χ3n) is 5.61. The van der Waals surface area contributed by atoms with Gasteiger partial charge in [-0.15, -0.1) is 0 Å². The maximum atomic E-state index is 14.0. The van der Waals surface area contributed by atoms with Gasteiger partial charge in [-0.1, -0.05) is 38.4 Å². The lowest BCUT2D eigenvalue weighted by molar-refractivity contribution is -0.314. The van der Waals surface area contributed by atoms with Crippen molar-refractivity contribution in [2.45, 2.75) is 51.9 Å². The van der Waals surface area contributed by atoms with Crippen molar-refractivity contribution in [3.05, 3.63) is 34.9 Å². The number of amides is 1. The van der Waals surface area contributed by atoms with Crippen LogP contribution in [-0.2, 0) is 0 Å². The Labute approximate surface area is 161 Å². The summed E-state index contributed by atoms with van der Waals surface area (Å²) in [7, 11) is 0. The van der Waals surface area contributed by atoms with Crippen LogP contribution in [0, 0.1) is 17.3 Å². The van der Waals surface area contributed by atoms with E-state index in [9.17, 15) is 23.1 Å². The van der Waals surface area contributed by atoms with Gasteiger partial charge < -0.3 is 5.11 Å². The minimum absolute atomic E-state index is 0.0171. The van der Waals surface area contributed by atoms with Crippen molar-refractivity contribution in [1.29, 1.82) is 0 Å². The SMILES string of the molecule is CC(C)(C)[C@@H]1CCC2=NN(C(=O)c3cccc(Cl)c3)[C@@](O)(C(F)(F)F)[C@H]2C1. The van der Waals surface area contributed by atoms with Crippen molar-refractivity contribution in [3.8, 4) is 0 Å². The monoisotopic (exact) mass is 402 g/mol. The van der Waals surface area contributed by atoms with E-state index in [0.717, 1.165) is 0 Å². The van der Waals surface area contributed by atoms with Gasteiger partial charge in [0, 0.05) is 16.3 Å². The molecule has 0 spiro atoms. The minimum atomic E-state index is -5.04. The number of hydrazone groups is 1. The number of alkyl halides is 3. The Morgan fingerprint density at radius 2 is 2.00 bits per heavy atom. The summed E-state index contributed by atoms with van der Waals surface area (Å²) < 4.78 is 42.0. The van der Waals surface area contributed by atoms with Crippen molar-refractivity contribution in [2.24, 2.45) is 22.4 Å². The molecular weight excluding hydrogens is 381 g/mol. The van der Waals surface area contributed by atoms with E-state index in [-0.39, 0.29) is 39.1 Å². The highest BCUT2D eigenvalue weighted by atomic mass is 35.5. The Morgan fingerprint density at radius 3 is 2.56 bits per heavy atom. The summed E-state index contributed by atoms with van der Waals surface area (Å²) in [6.45, 7) is 5.91. The highest BCUT2D eigenvalue weighted by molar-refractivity contribution is 6.31. The number of rotatable bonds is 1. The van der Waals surface area contributed by atoms with Gasteiger partial charge in [0.25, 0.3) is 11.6 Å². The second kappa shape index (κ2) is 6.48. The number of carbonyl (C=O) groups is 1. The van der Waals surface area contributed by atoms with Crippen LogP contribution in [0.4, 0.5) is 13.2 Å². The molecule has 1 fully saturated rings. The number of fused-ring (bicyclic) bond motifs is 1. The molecule has 1 amide bonds. The van der Waals surface area contributed by atoms with E-state index in [0.29, 0.717) is 12.8 Å². The number of aliphatic hydroxyl groups is 1. The molecule has 148 valence electrons. The molecule has 0 radical (unpaired) electrons. The number of benzene rings is 1. The molecule has 1 aromatic rings. The second-order valence-electron chi connectivity index (χ2n) is 8.33. The van der Waals surface area contributed by atoms with E-state index in [4.69, 9.17) is 11.6 Å². The van der Waals surface area contributed by atoms with Crippen molar-refractivity contribution >= 4 is 23.2 Å². The minimum Gasteiger partial charge on any atom is -0.362 e. The Bertz CT molecular complexity index is 788. The van der Waals surface area contributed by atoms with E-state index in [1.165, 1.54) is 24.3 Å². The summed E-state index contributed by atoms with van der Waals surface area (Å²) in [5.74, 6) is -2.30. The Hall–Kier alpha value is -1.60. The van der Waals surface area contributed by atoms with E-state index in [1.807, 2.05) is 20.8 Å². The maximum absolute atomic E-state index is 14.0. The summed E-state index contributed by atoms with van der Waals surface area (Å²) in [5, 5.41) is 15.2. The molecule has 0 aromatic heterocycles. The van der Waals surface area contributed by atoms with Crippen LogP contribution in [0.5, 0.6) is 0 Å². The van der Waals surface area contributed by atoms with Crippen LogP contribution in [0.3, 0.4) is 0 Å². The number of nitrogens with zero attached hydrogens (tertiary/aromatic N) is 2. The van der Waals surface area contributed by atoms with Gasteiger partial charge in [0.15, 0.2) is 0 Å². The van der Waals surface area contributed by atoms with Crippen molar-refractivity contribution in [2.75, 3.05) is 0 Å². The highest BCUT2D eigenvalue weighted by Gasteiger charge is 2.69. The summed E-state index contributed by atoms with van der Waals surface area (Å²) >= 11 is 5.86. The number of halogens is 4. The van der Waals surface area contributed by atoms with Crippen molar-refractivity contribution in [3.63, 3.8) is 0 Å². The average molecular weight is 403 g/mol. The topological polar surface area (TPSA) is 52.9 Å². The molecule has 1 aromatic carbocycles. The fourth-order valence-electron chi connectivity index (χ4n) is 3.95. The fourth-order valence-corrected chi connectivity index (χ4v) is 4.14. The standard InChI is InChI=1S/C19H22ClF3N2O2/c1-17(2,3)12-7-8-15-14(10-12)18(27,19(21,22)23)25(24-15)16(26)11-5-4-6-13(20)9-11/h4-6,9,12,14,27H,7-8,10H2,1-3H3/t12-,14+,18+/m1/s1. The molecule has 0 saturated heterocycles. The van der Waals surface area contributed by atoms with Gasteiger partial charge >= 0.3 is 6.18 Å². The molecule has 27 heavy (non-hydrogen) atoms. The van der Waals surface area contributed by atoms with Crippen LogP contribution in [0.2, 0.25) is 5.02 Å². The molecule has 1 aliphatic heterocycles. The Balaban J connectivity index is 2.02. The molecule has 0 unspecified atom stereocenters. The Morgan fingerprint density at radius 1 is 1.33 bits per heavy atom. The zero-order valence-electron chi connectivity index (χ0n) is 15.3. The third kappa shape index (κ3) is 3.36. The first-order chi connectivity index (χ1) is 12.4. The average Bonchev–Trinajstić information content (AvgIpc) is 2.87. The first-order valence-electron chi connectivity index (χ1n) is 8.82. The van der Waals surface area contributed by atoms with Crippen LogP contribution in [0.15, 0.2) is 29.4 Å². The second-order valence-corrected chi connectivity index (χ2v) is 8.77. The van der Waals surface area contributed by atoms with Gasteiger partial charge in [-0.25, -0.2) is 0 Å². The smallest absolute Gasteiger partial charge is 0.362 e. The largest absolute Gasteiger partial charge is 0.439 e. The fraction of sp³-hybridized carbons (Fsp3) is 0.579. The van der Waals surface area contributed by atoms with Gasteiger partial charge in [-0.2, -0.15) is 23.3 Å². The molecule has 1 aliphatic carbocycles. The molecule has 0 bridgehead atoms.